The molecule has 7 heteroatoms. The van der Waals surface area contributed by atoms with E-state index in [0.717, 1.165) is 6.42 Å². The summed E-state index contributed by atoms with van der Waals surface area (Å²) in [5.74, 6) is -1.50. The molecule has 0 fully saturated rings. The van der Waals surface area contributed by atoms with Gasteiger partial charge in [0.05, 0.1) is 6.61 Å². The molecule has 1 unspecified atom stereocenters. The van der Waals surface area contributed by atoms with Crippen molar-refractivity contribution in [2.24, 2.45) is 5.73 Å². The predicted octanol–water partition coefficient (Wildman–Crippen LogP) is 1.24. The lowest BCUT2D eigenvalue weighted by Gasteiger charge is -2.24. The van der Waals surface area contributed by atoms with Gasteiger partial charge in [0.1, 0.15) is 6.61 Å². The van der Waals surface area contributed by atoms with Gasteiger partial charge in [-0.3, -0.25) is 0 Å². The van der Waals surface area contributed by atoms with Crippen molar-refractivity contribution in [3.63, 3.8) is 0 Å². The zero-order valence-corrected chi connectivity index (χ0v) is 9.26. The van der Waals surface area contributed by atoms with Crippen LogP contribution in [0.2, 0.25) is 0 Å². The monoisotopic (exact) mass is 243 g/mol. The Hall–Kier alpha value is -0.820. The van der Waals surface area contributed by atoms with Crippen LogP contribution >= 0.6 is 0 Å². The first-order valence-corrected chi connectivity index (χ1v) is 4.84. The smallest absolute Gasteiger partial charge is 0.416 e. The summed E-state index contributed by atoms with van der Waals surface area (Å²) in [5, 5.41) is 0. The molecule has 0 saturated carbocycles. The molecule has 0 heterocycles. The third-order valence-corrected chi connectivity index (χ3v) is 1.82. The third kappa shape index (κ3) is 4.36. The third-order valence-electron chi connectivity index (χ3n) is 1.82. The van der Waals surface area contributed by atoms with Gasteiger partial charge in [0, 0.05) is 6.61 Å². The fourth-order valence-electron chi connectivity index (χ4n) is 0.705. The molecule has 2 N–H and O–H groups in total. The van der Waals surface area contributed by atoms with Gasteiger partial charge in [0.2, 0.25) is 5.54 Å². The first kappa shape index (κ1) is 15.2. The van der Waals surface area contributed by atoms with Gasteiger partial charge >= 0.3 is 12.1 Å². The Morgan fingerprint density at radius 1 is 1.25 bits per heavy atom. The quantitative estimate of drug-likeness (QED) is 0.563. The highest BCUT2D eigenvalue weighted by molar-refractivity contribution is 5.81. The number of halogens is 3. The van der Waals surface area contributed by atoms with Crippen molar-refractivity contribution in [1.29, 1.82) is 0 Å². The highest BCUT2D eigenvalue weighted by Crippen LogP contribution is 2.28. The molecule has 0 aromatic heterocycles. The van der Waals surface area contributed by atoms with Crippen LogP contribution in [0.25, 0.3) is 0 Å². The predicted molar refractivity (Wildman–Crippen MR) is 50.7 cm³/mol. The summed E-state index contributed by atoms with van der Waals surface area (Å²) in [6.45, 7) is 2.75. The second-order valence-corrected chi connectivity index (χ2v) is 3.45. The first-order valence-electron chi connectivity index (χ1n) is 4.84. The molecule has 0 spiro atoms. The number of esters is 1. The Labute approximate surface area is 91.9 Å². The maximum absolute atomic E-state index is 12.3. The van der Waals surface area contributed by atoms with Gasteiger partial charge in [0.15, 0.2) is 0 Å². The van der Waals surface area contributed by atoms with Crippen LogP contribution < -0.4 is 5.73 Å². The number of carbonyl (C=O) groups excluding carboxylic acids is 1. The normalized spacial score (nSPS) is 15.6. The average molecular weight is 243 g/mol. The number of hydrogen-bond donors (Lipinski definition) is 1. The Morgan fingerprint density at radius 2 is 1.81 bits per heavy atom. The molecular formula is C9H16F3NO3. The molecule has 0 saturated heterocycles. The van der Waals surface area contributed by atoms with E-state index in [9.17, 15) is 18.0 Å². The molecule has 16 heavy (non-hydrogen) atoms. The van der Waals surface area contributed by atoms with E-state index in [1.807, 2.05) is 6.92 Å². The maximum Gasteiger partial charge on any atom is 0.416 e. The average Bonchev–Trinajstić information content (AvgIpc) is 2.15. The summed E-state index contributed by atoms with van der Waals surface area (Å²) in [5.41, 5.74) is 1.86. The molecule has 0 aliphatic carbocycles. The van der Waals surface area contributed by atoms with Gasteiger partial charge in [-0.25, -0.2) is 4.79 Å². The summed E-state index contributed by atoms with van der Waals surface area (Å²) in [7, 11) is 0. The van der Waals surface area contributed by atoms with Gasteiger partial charge < -0.3 is 15.2 Å². The Kier molecular flexibility index (Phi) is 5.74. The van der Waals surface area contributed by atoms with E-state index >= 15 is 0 Å². The van der Waals surface area contributed by atoms with Crippen molar-refractivity contribution in [3.8, 4) is 0 Å². The summed E-state index contributed by atoms with van der Waals surface area (Å²) >= 11 is 0. The fourth-order valence-corrected chi connectivity index (χ4v) is 0.705. The van der Waals surface area contributed by atoms with Gasteiger partial charge in [-0.2, -0.15) is 13.2 Å². The lowest BCUT2D eigenvalue weighted by atomic mass is 10.0. The van der Waals surface area contributed by atoms with Crippen molar-refractivity contribution in [2.45, 2.75) is 32.0 Å². The molecule has 0 aliphatic rings. The number of rotatable bonds is 6. The molecule has 0 aromatic carbocycles. The fraction of sp³-hybridized carbons (Fsp3) is 0.889. The summed E-state index contributed by atoms with van der Waals surface area (Å²) in [6, 6.07) is 0. The Morgan fingerprint density at radius 3 is 2.25 bits per heavy atom. The summed E-state index contributed by atoms with van der Waals surface area (Å²) in [4.78, 5) is 11.0. The molecule has 0 radical (unpaired) electrons. The summed E-state index contributed by atoms with van der Waals surface area (Å²) < 4.78 is 46.1. The SMILES string of the molecule is CCCOCCOC(=O)C(C)(N)C(F)(F)F. The van der Waals surface area contributed by atoms with Gasteiger partial charge in [0.25, 0.3) is 0 Å². The molecule has 1 atom stereocenters. The van der Waals surface area contributed by atoms with E-state index in [1.165, 1.54) is 0 Å². The molecule has 0 aliphatic heterocycles. The minimum Gasteiger partial charge on any atom is -0.462 e. The van der Waals surface area contributed by atoms with Crippen LogP contribution in [0, 0.1) is 0 Å². The second-order valence-electron chi connectivity index (χ2n) is 3.45. The molecule has 0 bridgehead atoms. The molecular weight excluding hydrogens is 227 g/mol. The van der Waals surface area contributed by atoms with Crippen molar-refractivity contribution in [1.82, 2.24) is 0 Å². The standard InChI is InChI=1S/C9H16F3NO3/c1-3-4-15-5-6-16-7(14)8(2,13)9(10,11)12/h3-6,13H2,1-2H3. The van der Waals surface area contributed by atoms with Crippen LogP contribution in [0.15, 0.2) is 0 Å². The molecule has 4 nitrogen and oxygen atoms in total. The van der Waals surface area contributed by atoms with Crippen molar-refractivity contribution < 1.29 is 27.4 Å². The largest absolute Gasteiger partial charge is 0.462 e. The van der Waals surface area contributed by atoms with Crippen LogP contribution in [-0.2, 0) is 14.3 Å². The highest BCUT2D eigenvalue weighted by Gasteiger charge is 2.55. The van der Waals surface area contributed by atoms with E-state index in [-0.39, 0.29) is 13.2 Å². The van der Waals surface area contributed by atoms with Crippen LogP contribution in [0.3, 0.4) is 0 Å². The number of alkyl halides is 3. The molecule has 0 amide bonds. The van der Waals surface area contributed by atoms with Crippen molar-refractivity contribution in [3.05, 3.63) is 0 Å². The zero-order chi connectivity index (χ0) is 12.8. The van der Waals surface area contributed by atoms with E-state index in [1.54, 1.807) is 0 Å². The van der Waals surface area contributed by atoms with Crippen LogP contribution in [0.5, 0.6) is 0 Å². The molecule has 96 valence electrons. The van der Waals surface area contributed by atoms with Gasteiger partial charge in [-0.15, -0.1) is 0 Å². The van der Waals surface area contributed by atoms with E-state index in [4.69, 9.17) is 10.5 Å². The minimum atomic E-state index is -4.83. The Balaban J connectivity index is 3.98. The van der Waals surface area contributed by atoms with Gasteiger partial charge in [-0.05, 0) is 13.3 Å². The van der Waals surface area contributed by atoms with Crippen molar-refractivity contribution in [2.75, 3.05) is 19.8 Å². The van der Waals surface area contributed by atoms with E-state index in [2.05, 4.69) is 4.74 Å². The lowest BCUT2D eigenvalue weighted by molar-refractivity contribution is -0.202. The van der Waals surface area contributed by atoms with Crippen LogP contribution in [-0.4, -0.2) is 37.5 Å². The first-order chi connectivity index (χ1) is 7.23. The number of carbonyl (C=O) groups is 1. The summed E-state index contributed by atoms with van der Waals surface area (Å²) in [6.07, 6.45) is -4.04. The maximum atomic E-state index is 12.3. The van der Waals surface area contributed by atoms with E-state index < -0.39 is 17.7 Å². The van der Waals surface area contributed by atoms with Crippen LogP contribution in [0.1, 0.15) is 20.3 Å². The highest BCUT2D eigenvalue weighted by atomic mass is 19.4. The topological polar surface area (TPSA) is 61.5 Å². The number of nitrogens with two attached hydrogens (primary N) is 1. The number of hydrogen-bond acceptors (Lipinski definition) is 4. The zero-order valence-electron chi connectivity index (χ0n) is 9.26. The molecule has 0 aromatic rings. The van der Waals surface area contributed by atoms with Crippen LogP contribution in [0.4, 0.5) is 13.2 Å². The Bertz CT molecular complexity index is 229. The van der Waals surface area contributed by atoms with E-state index in [0.29, 0.717) is 13.5 Å². The molecule has 0 rings (SSSR count). The second kappa shape index (κ2) is 6.05. The van der Waals surface area contributed by atoms with Crippen molar-refractivity contribution >= 4 is 5.97 Å². The minimum absolute atomic E-state index is 0.0630. The number of ether oxygens (including phenoxy) is 2. The van der Waals surface area contributed by atoms with Gasteiger partial charge in [-0.1, -0.05) is 6.92 Å². The lowest BCUT2D eigenvalue weighted by Crippen LogP contribution is -2.58.